The van der Waals surface area contributed by atoms with Crippen LogP contribution in [0, 0.1) is 6.92 Å². The molecule has 0 unspecified atom stereocenters. The summed E-state index contributed by atoms with van der Waals surface area (Å²) in [4.78, 5) is 30.9. The number of pyridine rings is 1. The van der Waals surface area contributed by atoms with Crippen molar-refractivity contribution in [3.63, 3.8) is 0 Å². The van der Waals surface area contributed by atoms with E-state index in [1.165, 1.54) is 0 Å². The third-order valence-corrected chi connectivity index (χ3v) is 5.32. The van der Waals surface area contributed by atoms with Crippen molar-refractivity contribution in [2.45, 2.75) is 26.8 Å². The fraction of sp³-hybridized carbons (Fsp3) is 0.261. The van der Waals surface area contributed by atoms with Gasteiger partial charge < -0.3 is 10.4 Å². The number of nitrogens with zero attached hydrogens (tertiary/aromatic N) is 5. The van der Waals surface area contributed by atoms with E-state index >= 15 is 0 Å². The van der Waals surface area contributed by atoms with Gasteiger partial charge in [-0.15, -0.1) is 0 Å². The van der Waals surface area contributed by atoms with Gasteiger partial charge in [-0.1, -0.05) is 23.7 Å². The molecular weight excluding hydrogens is 428 g/mol. The summed E-state index contributed by atoms with van der Waals surface area (Å²) in [6.07, 6.45) is 5.48. The average molecular weight is 451 g/mol. The van der Waals surface area contributed by atoms with Gasteiger partial charge in [0.1, 0.15) is 5.65 Å². The third kappa shape index (κ3) is 4.32. The van der Waals surface area contributed by atoms with Gasteiger partial charge in [0, 0.05) is 59.2 Å². The minimum absolute atomic E-state index is 0.0315. The summed E-state index contributed by atoms with van der Waals surface area (Å²) in [5.74, 6) is 0.451. The predicted octanol–water partition coefficient (Wildman–Crippen LogP) is 3.69. The zero-order valence-electron chi connectivity index (χ0n) is 17.8. The Balaban J connectivity index is 1.86. The minimum atomic E-state index is -0.225. The number of anilines is 1. The molecule has 32 heavy (non-hydrogen) atoms. The first-order valence-corrected chi connectivity index (χ1v) is 10.7. The molecule has 0 saturated heterocycles. The van der Waals surface area contributed by atoms with Crippen LogP contribution < -0.4 is 10.9 Å². The first kappa shape index (κ1) is 21.9. The molecule has 0 aliphatic rings. The first-order valence-electron chi connectivity index (χ1n) is 10.4. The molecule has 0 fully saturated rings. The van der Waals surface area contributed by atoms with E-state index in [1.807, 2.05) is 26.0 Å². The van der Waals surface area contributed by atoms with E-state index in [4.69, 9.17) is 11.6 Å². The van der Waals surface area contributed by atoms with E-state index < -0.39 is 0 Å². The lowest BCUT2D eigenvalue weighted by atomic mass is 10.0. The molecule has 4 aromatic rings. The van der Waals surface area contributed by atoms with Crippen LogP contribution in [-0.4, -0.2) is 42.8 Å². The van der Waals surface area contributed by atoms with Crippen LogP contribution in [0.25, 0.3) is 33.4 Å². The Hall–Kier alpha value is -3.36. The van der Waals surface area contributed by atoms with E-state index in [9.17, 15) is 9.90 Å². The lowest BCUT2D eigenvalue weighted by Gasteiger charge is -2.14. The molecule has 0 aliphatic carbocycles. The van der Waals surface area contributed by atoms with Crippen LogP contribution in [0.5, 0.6) is 0 Å². The Kier molecular flexibility index (Phi) is 6.43. The highest BCUT2D eigenvalue weighted by Gasteiger charge is 2.16. The molecule has 3 heterocycles. The fourth-order valence-corrected chi connectivity index (χ4v) is 3.81. The zero-order chi connectivity index (χ0) is 22.7. The van der Waals surface area contributed by atoms with E-state index in [1.54, 1.807) is 35.3 Å². The highest BCUT2D eigenvalue weighted by Crippen LogP contribution is 2.31. The molecule has 0 bridgehead atoms. The van der Waals surface area contributed by atoms with Gasteiger partial charge in [0.2, 0.25) is 5.95 Å². The quantitative estimate of drug-likeness (QED) is 0.442. The molecule has 0 saturated carbocycles. The van der Waals surface area contributed by atoms with Crippen molar-refractivity contribution in [1.29, 1.82) is 0 Å². The molecule has 4 rings (SSSR count). The van der Waals surface area contributed by atoms with E-state index in [0.717, 1.165) is 11.3 Å². The number of fused-ring (bicyclic) bond motifs is 1. The second kappa shape index (κ2) is 9.42. The van der Waals surface area contributed by atoms with Crippen LogP contribution in [0.2, 0.25) is 5.02 Å². The fourth-order valence-electron chi connectivity index (χ4n) is 3.53. The molecule has 2 N–H and O–H groups in total. The number of hydrogen-bond acceptors (Lipinski definition) is 7. The maximum atomic E-state index is 13.4. The Labute approximate surface area is 190 Å². The van der Waals surface area contributed by atoms with E-state index in [2.05, 4.69) is 25.3 Å². The van der Waals surface area contributed by atoms with E-state index in [0.29, 0.717) is 58.3 Å². The lowest BCUT2D eigenvalue weighted by Crippen LogP contribution is -2.24. The number of aliphatic hydroxyl groups is 1. The minimum Gasteiger partial charge on any atom is -0.396 e. The highest BCUT2D eigenvalue weighted by atomic mass is 35.5. The summed E-state index contributed by atoms with van der Waals surface area (Å²) in [7, 11) is 0. The highest BCUT2D eigenvalue weighted by molar-refractivity contribution is 6.33. The molecule has 0 radical (unpaired) electrons. The van der Waals surface area contributed by atoms with Crippen LogP contribution in [0.3, 0.4) is 0 Å². The van der Waals surface area contributed by atoms with Gasteiger partial charge in [-0.2, -0.15) is 4.98 Å². The summed E-state index contributed by atoms with van der Waals surface area (Å²) in [6, 6.07) is 7.23. The van der Waals surface area contributed by atoms with E-state index in [-0.39, 0.29) is 12.2 Å². The summed E-state index contributed by atoms with van der Waals surface area (Å²) in [5.41, 5.74) is 3.68. The van der Waals surface area contributed by atoms with Crippen LogP contribution in [0.1, 0.15) is 19.0 Å². The molecule has 164 valence electrons. The number of aryl methyl sites for hydroxylation is 2. The van der Waals surface area contributed by atoms with Gasteiger partial charge in [-0.3, -0.25) is 14.3 Å². The molecule has 1 aromatic carbocycles. The second-order valence-corrected chi connectivity index (χ2v) is 7.74. The molecule has 8 nitrogen and oxygen atoms in total. The second-order valence-electron chi connectivity index (χ2n) is 7.34. The molecule has 0 aliphatic heterocycles. The summed E-state index contributed by atoms with van der Waals surface area (Å²) >= 11 is 6.62. The van der Waals surface area contributed by atoms with Crippen molar-refractivity contribution in [2.24, 2.45) is 0 Å². The van der Waals surface area contributed by atoms with Crippen molar-refractivity contribution in [3.8, 4) is 22.4 Å². The van der Waals surface area contributed by atoms with Gasteiger partial charge in [0.25, 0.3) is 5.56 Å². The Morgan fingerprint density at radius 1 is 1.12 bits per heavy atom. The lowest BCUT2D eigenvalue weighted by molar-refractivity contribution is 0.280. The Morgan fingerprint density at radius 3 is 2.69 bits per heavy atom. The Morgan fingerprint density at radius 2 is 1.97 bits per heavy atom. The van der Waals surface area contributed by atoms with Crippen molar-refractivity contribution in [1.82, 2.24) is 24.5 Å². The molecule has 3 aromatic heterocycles. The van der Waals surface area contributed by atoms with Crippen molar-refractivity contribution < 1.29 is 5.11 Å². The largest absolute Gasteiger partial charge is 0.396 e. The molecular formula is C23H23ClN6O2. The van der Waals surface area contributed by atoms with Crippen molar-refractivity contribution >= 4 is 28.6 Å². The van der Waals surface area contributed by atoms with Gasteiger partial charge in [0.15, 0.2) is 0 Å². The number of hydrogen-bond donors (Lipinski definition) is 2. The third-order valence-electron chi connectivity index (χ3n) is 5.01. The van der Waals surface area contributed by atoms with Crippen LogP contribution in [0.15, 0.2) is 47.7 Å². The van der Waals surface area contributed by atoms with Gasteiger partial charge in [-0.25, -0.2) is 9.97 Å². The Bertz CT molecular complexity index is 1340. The van der Waals surface area contributed by atoms with Gasteiger partial charge in [0.05, 0.1) is 17.6 Å². The summed E-state index contributed by atoms with van der Waals surface area (Å²) in [5, 5.41) is 13.5. The normalized spacial score (nSPS) is 11.1. The smallest absolute Gasteiger partial charge is 0.260 e. The average Bonchev–Trinajstić information content (AvgIpc) is 2.79. The van der Waals surface area contributed by atoms with Crippen LogP contribution >= 0.6 is 11.6 Å². The number of aliphatic hydroxyl groups excluding tert-OH is 1. The topological polar surface area (TPSA) is 106 Å². The predicted molar refractivity (Wildman–Crippen MR) is 126 cm³/mol. The molecule has 0 amide bonds. The maximum Gasteiger partial charge on any atom is 0.260 e. The van der Waals surface area contributed by atoms with Gasteiger partial charge >= 0.3 is 0 Å². The number of rotatable bonds is 7. The van der Waals surface area contributed by atoms with Crippen LogP contribution in [0.4, 0.5) is 5.95 Å². The first-order chi connectivity index (χ1) is 15.5. The van der Waals surface area contributed by atoms with Crippen LogP contribution in [-0.2, 0) is 6.54 Å². The summed E-state index contributed by atoms with van der Waals surface area (Å²) < 4.78 is 1.57. The zero-order valence-corrected chi connectivity index (χ0v) is 18.6. The van der Waals surface area contributed by atoms with Crippen molar-refractivity contribution in [2.75, 3.05) is 18.5 Å². The standard InChI is InChI=1S/C23H23ClN6O2/c1-3-26-23-27-12-16-9-18(22(32)30(7-4-8-31)21(16)29-23)17-6-5-15(10-19(17)24)20-13-25-11-14(2)28-20/h5-6,9-13,31H,3-4,7-8H2,1-2H3,(H,26,27,29). The molecule has 0 atom stereocenters. The SMILES string of the molecule is CCNc1ncc2cc(-c3ccc(-c4cncc(C)n4)cc3Cl)c(=O)n(CCCO)c2n1. The van der Waals surface area contributed by atoms with Crippen molar-refractivity contribution in [3.05, 3.63) is 63.9 Å². The molecule has 9 heteroatoms. The number of aromatic nitrogens is 5. The van der Waals surface area contributed by atoms with Gasteiger partial charge in [-0.05, 0) is 32.4 Å². The maximum absolute atomic E-state index is 13.4. The summed E-state index contributed by atoms with van der Waals surface area (Å²) in [6.45, 7) is 4.79. The molecule has 0 spiro atoms. The monoisotopic (exact) mass is 450 g/mol. The number of halogens is 1. The number of benzene rings is 1. The number of nitrogens with one attached hydrogen (secondary N) is 1.